The van der Waals surface area contributed by atoms with E-state index >= 15 is 0 Å². The van der Waals surface area contributed by atoms with Gasteiger partial charge in [-0.15, -0.1) is 15.5 Å². The second-order valence-electron chi connectivity index (χ2n) is 7.90. The van der Waals surface area contributed by atoms with Crippen molar-refractivity contribution in [2.45, 2.75) is 19.6 Å². The third-order valence-electron chi connectivity index (χ3n) is 4.07. The number of pyridine rings is 4. The highest BCUT2D eigenvalue weighted by atomic mass is 35.7. The Labute approximate surface area is 256 Å². The normalized spacial score (nSPS) is 14.7. The lowest BCUT2D eigenvalue weighted by Gasteiger charge is -2.42. The van der Waals surface area contributed by atoms with Crippen LogP contribution < -0.4 is 0 Å². The molecular formula is C20H8ClF17N4S4. The molecule has 0 aliphatic heterocycles. The highest BCUT2D eigenvalue weighted by Gasteiger charge is 2.66. The van der Waals surface area contributed by atoms with Gasteiger partial charge in [-0.3, -0.25) is 0 Å². The first-order valence-corrected chi connectivity index (χ1v) is 17.4. The van der Waals surface area contributed by atoms with E-state index in [0.717, 1.165) is 45.9 Å². The van der Waals surface area contributed by atoms with Crippen LogP contribution in [0.2, 0.25) is 0 Å². The molecule has 0 aliphatic rings. The Morgan fingerprint density at radius 2 is 0.609 bits per heavy atom. The third kappa shape index (κ3) is 13.4. The van der Waals surface area contributed by atoms with Crippen LogP contribution in [0.25, 0.3) is 0 Å². The summed E-state index contributed by atoms with van der Waals surface area (Å²) >= 11 is 0. The zero-order chi connectivity index (χ0) is 35.6. The van der Waals surface area contributed by atoms with Gasteiger partial charge in [0.1, 0.15) is 9.79 Å². The van der Waals surface area contributed by atoms with Gasteiger partial charge in [0.05, 0.1) is 0 Å². The van der Waals surface area contributed by atoms with E-state index in [1.165, 1.54) is 0 Å². The molecule has 0 amide bonds. The Balaban J connectivity index is 0.000000243. The number of hydrogen-bond donors (Lipinski definition) is 0. The lowest BCUT2D eigenvalue weighted by Crippen LogP contribution is -2.08. The van der Waals surface area contributed by atoms with E-state index in [1.807, 2.05) is 0 Å². The molecule has 46 heavy (non-hydrogen) atoms. The summed E-state index contributed by atoms with van der Waals surface area (Å²) in [6, 6.07) is 2.37. The van der Waals surface area contributed by atoms with Crippen LogP contribution in [0.15, 0.2) is 68.1 Å². The maximum atomic E-state index is 12.8. The van der Waals surface area contributed by atoms with Gasteiger partial charge in [-0.2, -0.15) is 55.1 Å². The molecule has 258 valence electrons. The average Bonchev–Trinajstić information content (AvgIpc) is 2.78. The minimum absolute atomic E-state index is 0.252. The molecule has 0 saturated heterocycles. The summed E-state index contributed by atoms with van der Waals surface area (Å²) in [5.74, 6) is -11.3. The van der Waals surface area contributed by atoms with Gasteiger partial charge in [0, 0.05) is 69.0 Å². The Morgan fingerprint density at radius 1 is 0.391 bits per heavy atom. The zero-order valence-electron chi connectivity index (χ0n) is 20.8. The molecule has 0 aromatic carbocycles. The van der Waals surface area contributed by atoms with Gasteiger partial charge in [0.15, 0.2) is 0 Å². The molecule has 0 aliphatic carbocycles. The number of hydrogen-bond acceptors (Lipinski definition) is 6. The van der Waals surface area contributed by atoms with Crippen LogP contribution in [-0.2, 0) is 0 Å². The van der Waals surface area contributed by atoms with E-state index < -0.39 is 88.8 Å². The molecular weight excluding hydrogens is 783 g/mol. The number of halogens is 18. The van der Waals surface area contributed by atoms with Gasteiger partial charge < -0.3 is 0 Å². The lowest BCUT2D eigenvalue weighted by molar-refractivity contribution is 0.359. The molecule has 4 nitrogen and oxygen atoms in total. The minimum atomic E-state index is -10.0. The van der Waals surface area contributed by atoms with Crippen molar-refractivity contribution in [3.63, 3.8) is 0 Å². The third-order valence-corrected chi connectivity index (χ3v) is 9.20. The first kappa shape index (κ1) is 39.3. The molecule has 4 aromatic heterocycles. The van der Waals surface area contributed by atoms with Crippen molar-refractivity contribution >= 4 is 51.5 Å². The smallest absolute Gasteiger partial charge is 0.191 e. The van der Waals surface area contributed by atoms with E-state index in [4.69, 9.17) is 0 Å². The Kier molecular flexibility index (Phi) is 10.2. The standard InChI is InChI=1S/C10H4F4N2S2.C5H2ClF6NS.C5H2F7NS/c11-7-1-5(2-8(12)15-7)17-18-6-3-9(13)16-10(14)4-6;6-14(9,10,11,12)3-1-4(7)13-5(8)2-3;6-4-1-3(2-5(7)13-4)14(8,9,10,11)12/h1-4H;2*1-2H. The summed E-state index contributed by atoms with van der Waals surface area (Å²) in [6.45, 7) is 0. The maximum absolute atomic E-state index is 12.8. The molecule has 0 atom stereocenters. The molecule has 4 aromatic rings. The van der Waals surface area contributed by atoms with E-state index in [0.29, 0.717) is 0 Å². The highest BCUT2D eigenvalue weighted by Crippen LogP contribution is 3.04. The van der Waals surface area contributed by atoms with Crippen LogP contribution in [-0.4, -0.2) is 19.9 Å². The molecule has 0 fully saturated rings. The molecule has 0 saturated carbocycles. The number of aromatic nitrogens is 4. The van der Waals surface area contributed by atoms with Crippen molar-refractivity contribution in [1.82, 2.24) is 19.9 Å². The molecule has 0 radical (unpaired) electrons. The van der Waals surface area contributed by atoms with Crippen LogP contribution in [0.5, 0.6) is 0 Å². The van der Waals surface area contributed by atoms with E-state index in [1.54, 1.807) is 0 Å². The fourth-order valence-electron chi connectivity index (χ4n) is 2.41. The Morgan fingerprint density at radius 3 is 0.826 bits per heavy atom. The van der Waals surface area contributed by atoms with Gasteiger partial charge in [-0.25, -0.2) is 0 Å². The summed E-state index contributed by atoms with van der Waals surface area (Å²) in [5, 5.41) is 0. The first-order chi connectivity index (χ1) is 20.3. The summed E-state index contributed by atoms with van der Waals surface area (Å²) < 4.78 is 209. The fraction of sp³-hybridized carbons (Fsp3) is 0. The largest absolute Gasteiger partial charge is 0.310 e. The summed E-state index contributed by atoms with van der Waals surface area (Å²) in [6.07, 6.45) is 0. The SMILES string of the molecule is Fc1cc(S(F)(F)(F)(F)Cl)cc(F)n1.Fc1cc(S(F)(F)(F)(F)F)cc(F)n1.Fc1cc(SSc2cc(F)nc(F)c2)cc(F)n1. The van der Waals surface area contributed by atoms with Crippen LogP contribution in [0.3, 0.4) is 0 Å². The predicted molar refractivity (Wildman–Crippen MR) is 136 cm³/mol. The van der Waals surface area contributed by atoms with Crippen molar-refractivity contribution in [3.05, 3.63) is 96.1 Å². The van der Waals surface area contributed by atoms with E-state index in [9.17, 15) is 70.1 Å². The van der Waals surface area contributed by atoms with Gasteiger partial charge >= 0.3 is 10.2 Å². The second-order valence-corrected chi connectivity index (χ2v) is 16.9. The van der Waals surface area contributed by atoms with Gasteiger partial charge in [-0.05, 0) is 0 Å². The second kappa shape index (κ2) is 12.0. The van der Waals surface area contributed by atoms with Crippen molar-refractivity contribution in [1.29, 1.82) is 0 Å². The molecule has 0 bridgehead atoms. The monoisotopic (exact) mass is 790 g/mol. The first-order valence-electron chi connectivity index (χ1n) is 10.4. The summed E-state index contributed by atoms with van der Waals surface area (Å²) in [4.78, 5) is 6.17. The highest BCUT2D eigenvalue weighted by molar-refractivity contribution is 8.76. The van der Waals surface area contributed by atoms with Crippen molar-refractivity contribution in [3.8, 4) is 0 Å². The maximum Gasteiger partial charge on any atom is 0.310 e. The van der Waals surface area contributed by atoms with Crippen LogP contribution >= 0.6 is 51.5 Å². The molecule has 0 N–H and O–H groups in total. The quantitative estimate of drug-likeness (QED) is 0.114. The molecule has 26 heteroatoms. The summed E-state index contributed by atoms with van der Waals surface area (Å²) in [5.41, 5.74) is 0. The molecule has 0 spiro atoms. The molecule has 0 unspecified atom stereocenters. The lowest BCUT2D eigenvalue weighted by atomic mass is 10.5. The molecule has 4 heterocycles. The zero-order valence-corrected chi connectivity index (χ0v) is 24.9. The summed E-state index contributed by atoms with van der Waals surface area (Å²) in [7, 11) is -13.3. The van der Waals surface area contributed by atoms with E-state index in [2.05, 4.69) is 30.6 Å². The topological polar surface area (TPSA) is 51.6 Å². The molecule has 4 rings (SSSR count). The Hall–Kier alpha value is -2.90. The minimum Gasteiger partial charge on any atom is -0.191 e. The van der Waals surface area contributed by atoms with E-state index in [-0.39, 0.29) is 21.9 Å². The van der Waals surface area contributed by atoms with Gasteiger partial charge in [0.2, 0.25) is 47.6 Å². The fourth-order valence-corrected chi connectivity index (χ4v) is 5.89. The van der Waals surface area contributed by atoms with Crippen molar-refractivity contribution in [2.75, 3.05) is 0 Å². The number of nitrogens with zero attached hydrogens (tertiary/aromatic N) is 4. The Bertz CT molecular complexity index is 1550. The van der Waals surface area contributed by atoms with Crippen LogP contribution in [0.1, 0.15) is 0 Å². The van der Waals surface area contributed by atoms with Crippen LogP contribution in [0, 0.1) is 47.6 Å². The van der Waals surface area contributed by atoms with Crippen molar-refractivity contribution in [2.24, 2.45) is 0 Å². The predicted octanol–water partition coefficient (Wildman–Crippen LogP) is 12.1. The number of rotatable bonds is 5. The van der Waals surface area contributed by atoms with Crippen molar-refractivity contribution < 1.29 is 70.1 Å². The van der Waals surface area contributed by atoms with Crippen LogP contribution in [0.4, 0.5) is 70.1 Å². The van der Waals surface area contributed by atoms with Gasteiger partial charge in [0.25, 0.3) is 9.05 Å². The van der Waals surface area contributed by atoms with Gasteiger partial charge in [-0.1, -0.05) is 41.0 Å². The average molecular weight is 791 g/mol.